The van der Waals surface area contributed by atoms with Crippen molar-refractivity contribution in [2.24, 2.45) is 0 Å². The van der Waals surface area contributed by atoms with E-state index in [1.165, 1.54) is 0 Å². The number of rotatable bonds is 9. The van der Waals surface area contributed by atoms with Crippen LogP contribution >= 0.6 is 0 Å². The Morgan fingerprint density at radius 2 is 2.08 bits per heavy atom. The Bertz CT molecular complexity index is 689. The molecule has 0 aliphatic carbocycles. The van der Waals surface area contributed by atoms with Crippen LogP contribution in [-0.2, 0) is 19.6 Å². The number of benzene rings is 1. The molecule has 0 aromatic heterocycles. The van der Waals surface area contributed by atoms with Crippen LogP contribution in [0, 0.1) is 0 Å². The van der Waals surface area contributed by atoms with E-state index in [0.29, 0.717) is 44.3 Å². The molecular weight excluding hydrogens is 358 g/mol. The van der Waals surface area contributed by atoms with Gasteiger partial charge in [-0.15, -0.1) is 0 Å². The fraction of sp³-hybridized carbons (Fsp3) is 0.588. The van der Waals surface area contributed by atoms with Gasteiger partial charge in [0.25, 0.3) is 0 Å². The molecule has 1 heterocycles. The molecular formula is C17H27N3O5S. The lowest BCUT2D eigenvalue weighted by atomic mass is 10.3. The van der Waals surface area contributed by atoms with E-state index in [1.54, 1.807) is 24.3 Å². The van der Waals surface area contributed by atoms with Crippen LogP contribution in [0.2, 0.25) is 0 Å². The molecule has 1 aromatic rings. The van der Waals surface area contributed by atoms with Crippen molar-refractivity contribution in [3.63, 3.8) is 0 Å². The Hall–Kier alpha value is -1.84. The largest absolute Gasteiger partial charge is 0.494 e. The predicted octanol–water partition coefficient (Wildman–Crippen LogP) is 0.300. The summed E-state index contributed by atoms with van der Waals surface area (Å²) in [5, 5.41) is 2.78. The van der Waals surface area contributed by atoms with Gasteiger partial charge in [0, 0.05) is 32.2 Å². The van der Waals surface area contributed by atoms with Gasteiger partial charge in [-0.3, -0.25) is 14.0 Å². The molecule has 0 bridgehead atoms. The number of ether oxygens (including phenoxy) is 2. The zero-order valence-electron chi connectivity index (χ0n) is 15.3. The second kappa shape index (κ2) is 9.75. The van der Waals surface area contributed by atoms with Gasteiger partial charge < -0.3 is 14.8 Å². The lowest BCUT2D eigenvalue weighted by Crippen LogP contribution is -2.44. The van der Waals surface area contributed by atoms with E-state index in [1.807, 2.05) is 6.92 Å². The third-order valence-corrected chi connectivity index (χ3v) is 5.10. The molecule has 1 N–H and O–H groups in total. The van der Waals surface area contributed by atoms with Gasteiger partial charge in [0.15, 0.2) is 0 Å². The van der Waals surface area contributed by atoms with Gasteiger partial charge in [-0.05, 0) is 19.1 Å². The van der Waals surface area contributed by atoms with E-state index in [0.717, 1.165) is 23.7 Å². The van der Waals surface area contributed by atoms with Crippen LogP contribution in [0.5, 0.6) is 5.75 Å². The highest BCUT2D eigenvalue weighted by Crippen LogP contribution is 2.23. The summed E-state index contributed by atoms with van der Waals surface area (Å²) in [5.41, 5.74) is 0.404. The summed E-state index contributed by atoms with van der Waals surface area (Å²) in [7, 11) is -3.60. The number of hydrogen-bond donors (Lipinski definition) is 1. The number of carbonyl (C=O) groups is 1. The van der Waals surface area contributed by atoms with E-state index >= 15 is 0 Å². The minimum atomic E-state index is -3.60. The lowest BCUT2D eigenvalue weighted by molar-refractivity contribution is -0.119. The number of hydrogen-bond acceptors (Lipinski definition) is 6. The van der Waals surface area contributed by atoms with Crippen molar-refractivity contribution in [2.45, 2.75) is 6.92 Å². The van der Waals surface area contributed by atoms with E-state index in [4.69, 9.17) is 9.47 Å². The summed E-state index contributed by atoms with van der Waals surface area (Å²) in [6.45, 7) is 6.33. The maximum Gasteiger partial charge on any atom is 0.240 e. The topological polar surface area (TPSA) is 88.2 Å². The van der Waals surface area contributed by atoms with Crippen LogP contribution in [0.25, 0.3) is 0 Å². The van der Waals surface area contributed by atoms with E-state index in [9.17, 15) is 13.2 Å². The van der Waals surface area contributed by atoms with Gasteiger partial charge in [0.05, 0.1) is 31.8 Å². The Morgan fingerprint density at radius 3 is 2.73 bits per heavy atom. The second-order valence-electron chi connectivity index (χ2n) is 6.00. The summed E-state index contributed by atoms with van der Waals surface area (Å²) in [6, 6.07) is 6.71. The molecule has 146 valence electrons. The van der Waals surface area contributed by atoms with Gasteiger partial charge in [-0.1, -0.05) is 6.07 Å². The molecule has 1 amide bonds. The normalized spacial score (nSPS) is 15.5. The van der Waals surface area contributed by atoms with Crippen LogP contribution in [0.4, 0.5) is 5.69 Å². The van der Waals surface area contributed by atoms with Crippen LogP contribution in [0.15, 0.2) is 24.3 Å². The predicted molar refractivity (Wildman–Crippen MR) is 100 cm³/mol. The van der Waals surface area contributed by atoms with Gasteiger partial charge >= 0.3 is 0 Å². The Kier molecular flexibility index (Phi) is 7.67. The first-order valence-electron chi connectivity index (χ1n) is 8.67. The first-order valence-corrected chi connectivity index (χ1v) is 10.5. The molecule has 0 unspecified atom stereocenters. The third kappa shape index (κ3) is 6.47. The molecule has 8 nitrogen and oxygen atoms in total. The molecule has 1 aliphatic heterocycles. The Morgan fingerprint density at radius 1 is 1.35 bits per heavy atom. The van der Waals surface area contributed by atoms with Gasteiger partial charge in [0.1, 0.15) is 12.3 Å². The average Bonchev–Trinajstić information content (AvgIpc) is 2.60. The standard InChI is InChI=1S/C17H27N3O5S/c1-3-25-16-6-4-5-15(13-16)20(26(2,22)23)14-17(21)18-7-8-19-9-11-24-12-10-19/h4-6,13H,3,7-12,14H2,1-2H3,(H,18,21). The fourth-order valence-corrected chi connectivity index (χ4v) is 3.51. The first-order chi connectivity index (χ1) is 12.4. The number of amides is 1. The molecule has 0 spiro atoms. The molecule has 1 aliphatic rings. The van der Waals surface area contributed by atoms with Crippen molar-refractivity contribution in [3.05, 3.63) is 24.3 Å². The lowest BCUT2D eigenvalue weighted by Gasteiger charge is -2.27. The number of nitrogens with zero attached hydrogens (tertiary/aromatic N) is 2. The number of sulfonamides is 1. The zero-order valence-corrected chi connectivity index (χ0v) is 16.1. The van der Waals surface area contributed by atoms with Crippen molar-refractivity contribution in [1.82, 2.24) is 10.2 Å². The minimum Gasteiger partial charge on any atom is -0.494 e. The highest BCUT2D eigenvalue weighted by atomic mass is 32.2. The summed E-state index contributed by atoms with van der Waals surface area (Å²) in [4.78, 5) is 14.4. The molecule has 0 saturated carbocycles. The van der Waals surface area contributed by atoms with Crippen LogP contribution in [0.3, 0.4) is 0 Å². The summed E-state index contributed by atoms with van der Waals surface area (Å²) >= 11 is 0. The van der Waals surface area contributed by atoms with E-state index in [2.05, 4.69) is 10.2 Å². The average molecular weight is 385 g/mol. The number of carbonyl (C=O) groups excluding carboxylic acids is 1. The molecule has 2 rings (SSSR count). The summed E-state index contributed by atoms with van der Waals surface area (Å²) < 4.78 is 36.1. The molecule has 26 heavy (non-hydrogen) atoms. The van der Waals surface area contributed by atoms with E-state index < -0.39 is 10.0 Å². The van der Waals surface area contributed by atoms with Gasteiger partial charge in [-0.25, -0.2) is 8.42 Å². The van der Waals surface area contributed by atoms with Crippen LogP contribution in [-0.4, -0.2) is 78.0 Å². The van der Waals surface area contributed by atoms with Crippen molar-refractivity contribution in [3.8, 4) is 5.75 Å². The molecule has 1 aromatic carbocycles. The summed E-state index contributed by atoms with van der Waals surface area (Å²) in [5.74, 6) is 0.219. The van der Waals surface area contributed by atoms with Crippen molar-refractivity contribution in [1.29, 1.82) is 0 Å². The monoisotopic (exact) mass is 385 g/mol. The van der Waals surface area contributed by atoms with E-state index in [-0.39, 0.29) is 12.5 Å². The minimum absolute atomic E-state index is 0.266. The Balaban J connectivity index is 1.94. The fourth-order valence-electron chi connectivity index (χ4n) is 2.66. The molecule has 0 radical (unpaired) electrons. The highest BCUT2D eigenvalue weighted by molar-refractivity contribution is 7.92. The third-order valence-electron chi connectivity index (χ3n) is 3.96. The molecule has 1 saturated heterocycles. The molecule has 1 fully saturated rings. The zero-order chi connectivity index (χ0) is 19.0. The molecule has 9 heteroatoms. The summed E-state index contributed by atoms with van der Waals surface area (Å²) in [6.07, 6.45) is 1.08. The second-order valence-corrected chi connectivity index (χ2v) is 7.91. The van der Waals surface area contributed by atoms with Crippen LogP contribution in [0.1, 0.15) is 6.92 Å². The quantitative estimate of drug-likeness (QED) is 0.658. The maximum atomic E-state index is 12.2. The van der Waals surface area contributed by atoms with Gasteiger partial charge in [-0.2, -0.15) is 0 Å². The number of anilines is 1. The van der Waals surface area contributed by atoms with Crippen molar-refractivity contribution in [2.75, 3.05) is 63.1 Å². The first kappa shape index (κ1) is 20.5. The van der Waals surface area contributed by atoms with Gasteiger partial charge in [0.2, 0.25) is 15.9 Å². The van der Waals surface area contributed by atoms with Crippen molar-refractivity contribution >= 4 is 21.6 Å². The van der Waals surface area contributed by atoms with Crippen LogP contribution < -0.4 is 14.4 Å². The SMILES string of the molecule is CCOc1cccc(N(CC(=O)NCCN2CCOCC2)S(C)(=O)=O)c1. The smallest absolute Gasteiger partial charge is 0.240 e. The Labute approximate surface area is 155 Å². The maximum absolute atomic E-state index is 12.2. The highest BCUT2D eigenvalue weighted by Gasteiger charge is 2.21. The number of nitrogens with one attached hydrogen (secondary N) is 1. The molecule has 0 atom stereocenters. The number of morpholine rings is 1. The van der Waals surface area contributed by atoms with Crippen molar-refractivity contribution < 1.29 is 22.7 Å².